The molecule has 0 bridgehead atoms. The van der Waals surface area contributed by atoms with Crippen molar-refractivity contribution in [3.05, 3.63) is 29.8 Å². The summed E-state index contributed by atoms with van der Waals surface area (Å²) in [5.41, 5.74) is 0.691. The third-order valence-electron chi connectivity index (χ3n) is 3.49. The Balaban J connectivity index is 1.51. The fourth-order valence-electron chi connectivity index (χ4n) is 2.16. The van der Waals surface area contributed by atoms with Crippen molar-refractivity contribution in [1.82, 2.24) is 5.32 Å². The molecule has 1 aliphatic heterocycles. The molecule has 1 aromatic carbocycles. The summed E-state index contributed by atoms with van der Waals surface area (Å²) in [5.74, 6) is 0.798. The minimum absolute atomic E-state index is 0.00757. The molecule has 1 aromatic rings. The van der Waals surface area contributed by atoms with Crippen LogP contribution in [0.5, 0.6) is 5.75 Å². The van der Waals surface area contributed by atoms with Gasteiger partial charge in [0.25, 0.3) is 5.91 Å². The zero-order valence-corrected chi connectivity index (χ0v) is 10.9. The van der Waals surface area contributed by atoms with Gasteiger partial charge < -0.3 is 14.8 Å². The molecule has 2 aliphatic rings. The van der Waals surface area contributed by atoms with Crippen molar-refractivity contribution < 1.29 is 14.3 Å². The first-order valence-electron chi connectivity index (χ1n) is 6.96. The van der Waals surface area contributed by atoms with Gasteiger partial charge in [0, 0.05) is 18.2 Å². The molecule has 1 N–H and O–H groups in total. The fourth-order valence-corrected chi connectivity index (χ4v) is 2.16. The van der Waals surface area contributed by atoms with Crippen LogP contribution in [0.25, 0.3) is 0 Å². The molecule has 1 heterocycles. The van der Waals surface area contributed by atoms with E-state index in [1.165, 1.54) is 0 Å². The number of amides is 1. The van der Waals surface area contributed by atoms with Crippen molar-refractivity contribution >= 4 is 5.91 Å². The molecule has 1 aliphatic carbocycles. The maximum absolute atomic E-state index is 11.8. The minimum atomic E-state index is 0.00757. The Morgan fingerprint density at radius 2 is 2.05 bits per heavy atom. The van der Waals surface area contributed by atoms with E-state index in [-0.39, 0.29) is 12.0 Å². The van der Waals surface area contributed by atoms with Crippen molar-refractivity contribution in [2.24, 2.45) is 0 Å². The van der Waals surface area contributed by atoms with Gasteiger partial charge in [0.15, 0.2) is 0 Å². The Kier molecular flexibility index (Phi) is 3.69. The largest absolute Gasteiger partial charge is 0.491 e. The highest BCUT2D eigenvalue weighted by Crippen LogP contribution is 2.20. The second-order valence-corrected chi connectivity index (χ2v) is 5.22. The van der Waals surface area contributed by atoms with E-state index in [0.29, 0.717) is 18.2 Å². The molecule has 102 valence electrons. The predicted octanol–water partition coefficient (Wildman–Crippen LogP) is 2.14. The maximum Gasteiger partial charge on any atom is 0.251 e. The lowest BCUT2D eigenvalue weighted by atomic mass is 10.2. The summed E-state index contributed by atoms with van der Waals surface area (Å²) in [7, 11) is 0. The number of ether oxygens (including phenoxy) is 2. The molecule has 0 spiro atoms. The Bertz CT molecular complexity index is 433. The van der Waals surface area contributed by atoms with Gasteiger partial charge in [-0.2, -0.15) is 0 Å². The van der Waals surface area contributed by atoms with Gasteiger partial charge >= 0.3 is 0 Å². The number of rotatable bonds is 5. The molecule has 1 saturated carbocycles. The highest BCUT2D eigenvalue weighted by atomic mass is 16.5. The molecular weight excluding hydrogens is 242 g/mol. The van der Waals surface area contributed by atoms with Crippen LogP contribution in [-0.2, 0) is 4.74 Å². The SMILES string of the molecule is O=C(NC1CC1)c1ccc(OC[C@H]2CCCO2)cc1. The number of carbonyl (C=O) groups is 1. The summed E-state index contributed by atoms with van der Waals surface area (Å²) in [6, 6.07) is 7.70. The zero-order chi connectivity index (χ0) is 13.1. The molecule has 1 saturated heterocycles. The summed E-state index contributed by atoms with van der Waals surface area (Å²) in [6.07, 6.45) is 4.62. The van der Waals surface area contributed by atoms with Gasteiger partial charge in [-0.05, 0) is 49.9 Å². The molecule has 0 unspecified atom stereocenters. The molecule has 1 amide bonds. The van der Waals surface area contributed by atoms with E-state index in [9.17, 15) is 4.79 Å². The van der Waals surface area contributed by atoms with Gasteiger partial charge in [0.2, 0.25) is 0 Å². The Morgan fingerprint density at radius 3 is 2.68 bits per heavy atom. The van der Waals surface area contributed by atoms with Crippen LogP contribution in [0.3, 0.4) is 0 Å². The molecule has 0 radical (unpaired) electrons. The van der Waals surface area contributed by atoms with Gasteiger partial charge in [0.05, 0.1) is 6.10 Å². The quantitative estimate of drug-likeness (QED) is 0.883. The Morgan fingerprint density at radius 1 is 1.26 bits per heavy atom. The topological polar surface area (TPSA) is 47.6 Å². The van der Waals surface area contributed by atoms with Gasteiger partial charge in [-0.1, -0.05) is 0 Å². The summed E-state index contributed by atoms with van der Waals surface area (Å²) in [5, 5.41) is 2.97. The highest BCUT2D eigenvalue weighted by Gasteiger charge is 2.23. The monoisotopic (exact) mass is 261 g/mol. The first-order chi connectivity index (χ1) is 9.31. The Labute approximate surface area is 113 Å². The molecule has 4 heteroatoms. The van der Waals surface area contributed by atoms with Crippen molar-refractivity contribution in [1.29, 1.82) is 0 Å². The van der Waals surface area contributed by atoms with Crippen molar-refractivity contribution in [3.63, 3.8) is 0 Å². The van der Waals surface area contributed by atoms with E-state index in [2.05, 4.69) is 5.32 Å². The molecule has 1 atom stereocenters. The van der Waals surface area contributed by atoms with E-state index >= 15 is 0 Å². The fraction of sp³-hybridized carbons (Fsp3) is 0.533. The summed E-state index contributed by atoms with van der Waals surface area (Å²) >= 11 is 0. The van der Waals surface area contributed by atoms with Crippen LogP contribution in [-0.4, -0.2) is 31.3 Å². The highest BCUT2D eigenvalue weighted by molar-refractivity contribution is 5.94. The van der Waals surface area contributed by atoms with Crippen LogP contribution in [0.15, 0.2) is 24.3 Å². The first kappa shape index (κ1) is 12.5. The molecule has 3 rings (SSSR count). The normalized spacial score (nSPS) is 22.2. The smallest absolute Gasteiger partial charge is 0.251 e. The summed E-state index contributed by atoms with van der Waals surface area (Å²) in [6.45, 7) is 1.43. The third-order valence-corrected chi connectivity index (χ3v) is 3.49. The second kappa shape index (κ2) is 5.61. The lowest BCUT2D eigenvalue weighted by Crippen LogP contribution is -2.25. The van der Waals surface area contributed by atoms with Crippen LogP contribution >= 0.6 is 0 Å². The van der Waals surface area contributed by atoms with Gasteiger partial charge in [0.1, 0.15) is 12.4 Å². The van der Waals surface area contributed by atoms with Crippen LogP contribution in [0.4, 0.5) is 0 Å². The number of carbonyl (C=O) groups excluding carboxylic acids is 1. The lowest BCUT2D eigenvalue weighted by molar-refractivity contribution is 0.0679. The third kappa shape index (κ3) is 3.47. The molecule has 4 nitrogen and oxygen atoms in total. The number of hydrogen-bond donors (Lipinski definition) is 1. The number of benzene rings is 1. The van der Waals surface area contributed by atoms with E-state index in [0.717, 1.165) is 38.0 Å². The van der Waals surface area contributed by atoms with Crippen molar-refractivity contribution in [3.8, 4) is 5.75 Å². The van der Waals surface area contributed by atoms with Gasteiger partial charge in [-0.15, -0.1) is 0 Å². The van der Waals surface area contributed by atoms with Crippen LogP contribution < -0.4 is 10.1 Å². The predicted molar refractivity (Wildman–Crippen MR) is 71.4 cm³/mol. The first-order valence-corrected chi connectivity index (χ1v) is 6.96. The average Bonchev–Trinajstić information content (AvgIpc) is 3.09. The van der Waals surface area contributed by atoms with E-state index in [4.69, 9.17) is 9.47 Å². The van der Waals surface area contributed by atoms with Crippen LogP contribution in [0, 0.1) is 0 Å². The Hall–Kier alpha value is -1.55. The summed E-state index contributed by atoms with van der Waals surface area (Å²) in [4.78, 5) is 11.8. The maximum atomic E-state index is 11.8. The lowest BCUT2D eigenvalue weighted by Gasteiger charge is -2.11. The second-order valence-electron chi connectivity index (χ2n) is 5.22. The van der Waals surface area contributed by atoms with Gasteiger partial charge in [-0.3, -0.25) is 4.79 Å². The molecule has 2 fully saturated rings. The van der Waals surface area contributed by atoms with Crippen LogP contribution in [0.2, 0.25) is 0 Å². The van der Waals surface area contributed by atoms with Crippen molar-refractivity contribution in [2.75, 3.05) is 13.2 Å². The number of hydrogen-bond acceptors (Lipinski definition) is 3. The average molecular weight is 261 g/mol. The molecular formula is C15H19NO3. The van der Waals surface area contributed by atoms with Gasteiger partial charge in [-0.25, -0.2) is 0 Å². The van der Waals surface area contributed by atoms with Crippen molar-refractivity contribution in [2.45, 2.75) is 37.8 Å². The molecule has 0 aromatic heterocycles. The summed E-state index contributed by atoms with van der Waals surface area (Å²) < 4.78 is 11.2. The number of nitrogens with one attached hydrogen (secondary N) is 1. The zero-order valence-electron chi connectivity index (χ0n) is 10.9. The van der Waals surface area contributed by atoms with Crippen LogP contribution in [0.1, 0.15) is 36.0 Å². The standard InChI is InChI=1S/C15H19NO3/c17-15(16-12-5-6-12)11-3-7-13(8-4-11)19-10-14-2-1-9-18-14/h3-4,7-8,12,14H,1-2,5-6,9-10H2,(H,16,17)/t14-/m1/s1. The minimum Gasteiger partial charge on any atom is -0.491 e. The van der Waals surface area contributed by atoms with E-state index in [1.807, 2.05) is 24.3 Å². The van der Waals surface area contributed by atoms with E-state index in [1.54, 1.807) is 0 Å². The molecule has 19 heavy (non-hydrogen) atoms. The van der Waals surface area contributed by atoms with E-state index < -0.39 is 0 Å².